The Kier molecular flexibility index (Phi) is 9.28. The first-order valence-electron chi connectivity index (χ1n) is 18.4. The van der Waals surface area contributed by atoms with Crippen LogP contribution in [0.15, 0.2) is 12.2 Å². The molecule has 0 aromatic heterocycles. The molecule has 6 fully saturated rings. The minimum absolute atomic E-state index is 0.0536. The summed E-state index contributed by atoms with van der Waals surface area (Å²) in [4.78, 5) is 31.7. The number of hydrogen-bond acceptors (Lipinski definition) is 9. The molecule has 0 bridgehead atoms. The van der Waals surface area contributed by atoms with E-state index < -0.39 is 41.9 Å². The summed E-state index contributed by atoms with van der Waals surface area (Å²) in [6.45, 7) is 18.0. The number of carboxylic acids is 1. The monoisotopic (exact) mass is 675 g/mol. The van der Waals surface area contributed by atoms with E-state index in [0.717, 1.165) is 69.8 Å². The predicted molar refractivity (Wildman–Crippen MR) is 178 cm³/mol. The zero-order valence-electron chi connectivity index (χ0n) is 30.2. The summed E-state index contributed by atoms with van der Waals surface area (Å²) in [6, 6.07) is 0. The third-order valence-corrected chi connectivity index (χ3v) is 16.0. The number of nitrogens with zero attached hydrogens (tertiary/aromatic N) is 1. The number of fused-ring (bicyclic) bond motifs is 7. The number of carbonyl (C=O) groups is 2. The maximum Gasteiger partial charge on any atom is 0.323 e. The number of aliphatic carboxylic acids is 1. The number of esters is 1. The van der Waals surface area contributed by atoms with Crippen molar-refractivity contribution in [3.8, 4) is 0 Å². The van der Waals surface area contributed by atoms with E-state index in [9.17, 15) is 30.0 Å². The van der Waals surface area contributed by atoms with Gasteiger partial charge >= 0.3 is 11.9 Å². The number of allylic oxidation sites excluding steroid dienone is 1. The smallest absolute Gasteiger partial charge is 0.323 e. The van der Waals surface area contributed by atoms with E-state index in [1.54, 1.807) is 0 Å². The second kappa shape index (κ2) is 12.3. The average molecular weight is 676 g/mol. The van der Waals surface area contributed by atoms with Crippen LogP contribution in [0.1, 0.15) is 106 Å². The first-order valence-corrected chi connectivity index (χ1v) is 18.4. The Morgan fingerprint density at radius 3 is 2.23 bits per heavy atom. The Balaban J connectivity index is 1.20. The van der Waals surface area contributed by atoms with Crippen LogP contribution < -0.4 is 0 Å². The number of aliphatic hydroxyl groups excluding tert-OH is 3. The van der Waals surface area contributed by atoms with E-state index in [0.29, 0.717) is 17.8 Å². The molecular weight excluding hydrogens is 614 g/mol. The summed E-state index contributed by atoms with van der Waals surface area (Å²) in [6.07, 6.45) is 3.94. The largest absolute Gasteiger partial charge is 0.481 e. The van der Waals surface area contributed by atoms with Gasteiger partial charge in [-0.05, 0) is 117 Å². The van der Waals surface area contributed by atoms with Gasteiger partial charge < -0.3 is 29.9 Å². The first kappa shape index (κ1) is 36.2. The number of hydrogen-bond donors (Lipinski definition) is 4. The van der Waals surface area contributed by atoms with Crippen LogP contribution >= 0.6 is 0 Å². The lowest BCUT2D eigenvalue weighted by molar-refractivity contribution is -0.305. The summed E-state index contributed by atoms with van der Waals surface area (Å²) in [5.74, 6) is 0.572. The molecule has 10 heteroatoms. The van der Waals surface area contributed by atoms with Gasteiger partial charge in [0.05, 0.1) is 19.1 Å². The Morgan fingerprint density at radius 2 is 1.58 bits per heavy atom. The number of hydroxylamine groups is 2. The van der Waals surface area contributed by atoms with Crippen molar-refractivity contribution in [2.75, 3.05) is 20.3 Å². The van der Waals surface area contributed by atoms with Gasteiger partial charge in [0.2, 0.25) is 0 Å². The summed E-state index contributed by atoms with van der Waals surface area (Å²) in [5.41, 5.74) is 0.458. The van der Waals surface area contributed by atoms with Gasteiger partial charge in [0.15, 0.2) is 6.23 Å². The van der Waals surface area contributed by atoms with Gasteiger partial charge in [0, 0.05) is 5.41 Å². The van der Waals surface area contributed by atoms with Crippen LogP contribution in [0.4, 0.5) is 0 Å². The van der Waals surface area contributed by atoms with Crippen LogP contribution in [0.25, 0.3) is 0 Å². The number of aliphatic hydroxyl groups is 3. The molecule has 6 aliphatic rings. The Bertz CT molecular complexity index is 1290. The Morgan fingerprint density at radius 1 is 0.875 bits per heavy atom. The van der Waals surface area contributed by atoms with Crippen molar-refractivity contribution < 1.29 is 44.3 Å². The third kappa shape index (κ3) is 5.08. The number of carbonyl (C=O) groups excluding carboxylic acids is 1. The van der Waals surface area contributed by atoms with Crippen LogP contribution in [-0.2, 0) is 23.9 Å². The van der Waals surface area contributed by atoms with Crippen LogP contribution in [0, 0.1) is 56.7 Å². The SMILES string of the molecule is C=C(C)[C@@H]1CC[C@]2(C(=O)O)CC[C@]3(C)[C@H](CC[C@@H]4[C@@]5(C)CC[C@H](OC(=O)CN(OC)C6OC[C@@H](O)[C@@H](O)[C@H]6O)C(C)(C)[C@@H]5CC[C@]43C)[C@@H]12. The van der Waals surface area contributed by atoms with Crippen LogP contribution in [0.2, 0.25) is 0 Å². The second-order valence-corrected chi connectivity index (χ2v) is 18.0. The van der Waals surface area contributed by atoms with Crippen LogP contribution in [-0.4, -0.2) is 88.3 Å². The van der Waals surface area contributed by atoms with Crippen molar-refractivity contribution in [2.45, 2.75) is 136 Å². The lowest BCUT2D eigenvalue weighted by Crippen LogP contribution is -2.67. The number of ether oxygens (including phenoxy) is 2. The maximum absolute atomic E-state index is 13.4. The third-order valence-electron chi connectivity index (χ3n) is 16.0. The van der Waals surface area contributed by atoms with Gasteiger partial charge in [-0.2, -0.15) is 0 Å². The van der Waals surface area contributed by atoms with Crippen molar-refractivity contribution in [1.29, 1.82) is 0 Å². The fourth-order valence-electron chi connectivity index (χ4n) is 13.3. The molecule has 6 rings (SSSR count). The highest BCUT2D eigenvalue weighted by atomic mass is 16.7. The van der Waals surface area contributed by atoms with Crippen LogP contribution in [0.5, 0.6) is 0 Å². The summed E-state index contributed by atoms with van der Waals surface area (Å²) in [7, 11) is 1.37. The minimum Gasteiger partial charge on any atom is -0.481 e. The molecule has 48 heavy (non-hydrogen) atoms. The molecule has 0 amide bonds. The molecular formula is C38H61NO9. The van der Waals surface area contributed by atoms with Crippen LogP contribution in [0.3, 0.4) is 0 Å². The molecule has 14 atom stereocenters. The molecule has 1 heterocycles. The zero-order valence-corrected chi connectivity index (χ0v) is 30.2. The normalized spacial score (nSPS) is 49.6. The Labute approximate surface area is 286 Å². The topological polar surface area (TPSA) is 146 Å². The molecule has 1 aliphatic heterocycles. The highest BCUT2D eigenvalue weighted by molar-refractivity contribution is 5.76. The standard InChI is InChI=1S/C38H61NO9/c1-21(2)22-11-16-38(33(44)45)18-17-36(6)23(29(22)38)9-10-26-35(5)14-13-27(34(3,4)25(35)12-15-37(26,36)7)48-28(41)19-39(46-8)32-31(43)30(42)24(40)20-47-32/h22-27,29-32,40,42-43H,1,9-20H2,2-8H3,(H,44,45)/t22-,23+,24+,25-,26+,27-,29+,30+,31+,32?,35-,36+,37+,38-/m0/s1. The quantitative estimate of drug-likeness (QED) is 0.166. The zero-order chi connectivity index (χ0) is 35.2. The average Bonchev–Trinajstić information content (AvgIpc) is 3.42. The molecule has 272 valence electrons. The molecule has 5 aliphatic carbocycles. The van der Waals surface area contributed by atoms with Crippen molar-refractivity contribution in [1.82, 2.24) is 5.06 Å². The fraction of sp³-hybridized carbons (Fsp3) is 0.895. The number of rotatable bonds is 7. The lowest BCUT2D eigenvalue weighted by atomic mass is 9.32. The maximum atomic E-state index is 13.4. The molecule has 0 aromatic carbocycles. The highest BCUT2D eigenvalue weighted by Gasteiger charge is 2.72. The molecule has 0 aromatic rings. The van der Waals surface area contributed by atoms with E-state index in [1.165, 1.54) is 12.2 Å². The predicted octanol–water partition coefficient (Wildman–Crippen LogP) is 4.94. The van der Waals surface area contributed by atoms with Gasteiger partial charge in [-0.3, -0.25) is 14.4 Å². The van der Waals surface area contributed by atoms with E-state index in [4.69, 9.17) is 14.3 Å². The van der Waals surface area contributed by atoms with Gasteiger partial charge in [-0.1, -0.05) is 46.8 Å². The van der Waals surface area contributed by atoms with Gasteiger partial charge in [-0.15, -0.1) is 5.06 Å². The van der Waals surface area contributed by atoms with E-state index in [1.807, 2.05) is 0 Å². The molecule has 1 saturated heterocycles. The number of carboxylic acid groups (broad SMARTS) is 1. The fourth-order valence-corrected chi connectivity index (χ4v) is 13.3. The molecule has 10 nitrogen and oxygen atoms in total. The van der Waals surface area contributed by atoms with E-state index in [2.05, 4.69) is 48.1 Å². The first-order chi connectivity index (χ1) is 22.4. The van der Waals surface area contributed by atoms with E-state index >= 15 is 0 Å². The molecule has 0 spiro atoms. The van der Waals surface area contributed by atoms with Crippen molar-refractivity contribution in [3.63, 3.8) is 0 Å². The molecule has 5 saturated carbocycles. The molecule has 0 radical (unpaired) electrons. The van der Waals surface area contributed by atoms with Gasteiger partial charge in [0.1, 0.15) is 31.0 Å². The van der Waals surface area contributed by atoms with Gasteiger partial charge in [-0.25, -0.2) is 0 Å². The lowest BCUT2D eigenvalue weighted by Gasteiger charge is -2.72. The molecule has 1 unspecified atom stereocenters. The Hall–Kier alpha value is -1.56. The highest BCUT2D eigenvalue weighted by Crippen LogP contribution is 2.77. The summed E-state index contributed by atoms with van der Waals surface area (Å²) < 4.78 is 11.7. The summed E-state index contributed by atoms with van der Waals surface area (Å²) in [5, 5.41) is 42.3. The minimum atomic E-state index is -1.45. The van der Waals surface area contributed by atoms with E-state index in [-0.39, 0.29) is 52.8 Å². The van der Waals surface area contributed by atoms with Gasteiger partial charge in [0.25, 0.3) is 0 Å². The molecule has 4 N–H and O–H groups in total. The van der Waals surface area contributed by atoms with Crippen molar-refractivity contribution in [2.24, 2.45) is 56.7 Å². The second-order valence-electron chi connectivity index (χ2n) is 18.0. The summed E-state index contributed by atoms with van der Waals surface area (Å²) >= 11 is 0. The van der Waals surface area contributed by atoms with Crippen molar-refractivity contribution >= 4 is 11.9 Å². The van der Waals surface area contributed by atoms with Crippen molar-refractivity contribution in [3.05, 3.63) is 12.2 Å².